The van der Waals surface area contributed by atoms with Crippen molar-refractivity contribution in [3.05, 3.63) is 23.8 Å². The second-order valence-corrected chi connectivity index (χ2v) is 7.06. The minimum absolute atomic E-state index is 0.234. The molecule has 0 amide bonds. The van der Waals surface area contributed by atoms with Crippen LogP contribution in [0.1, 0.15) is 24.3 Å². The molecule has 19 heavy (non-hydrogen) atoms. The number of rotatable bonds is 2. The van der Waals surface area contributed by atoms with Gasteiger partial charge in [-0.3, -0.25) is 0 Å². The zero-order chi connectivity index (χ0) is 13.5. The van der Waals surface area contributed by atoms with Crippen LogP contribution in [0.4, 0.5) is 0 Å². The summed E-state index contributed by atoms with van der Waals surface area (Å²) < 4.78 is 35.5. The van der Waals surface area contributed by atoms with Crippen LogP contribution < -0.4 is 9.47 Å². The number of nitrogens with zero attached hydrogens (tertiary/aromatic N) is 1. The third kappa shape index (κ3) is 2.55. The Bertz CT molecular complexity index is 584. The highest BCUT2D eigenvalue weighted by Gasteiger charge is 2.27. The van der Waals surface area contributed by atoms with Gasteiger partial charge < -0.3 is 9.47 Å². The van der Waals surface area contributed by atoms with Crippen molar-refractivity contribution in [1.82, 2.24) is 4.31 Å². The molecule has 6 heteroatoms. The number of ether oxygens (including phenoxy) is 2. The average molecular weight is 283 g/mol. The number of sulfonamides is 1. The molecule has 1 fully saturated rings. The van der Waals surface area contributed by atoms with Crippen LogP contribution in [0.2, 0.25) is 0 Å². The smallest absolute Gasteiger partial charge is 0.231 e. The number of fused-ring (bicyclic) bond motifs is 1. The van der Waals surface area contributed by atoms with E-state index in [1.807, 2.05) is 18.2 Å². The molecule has 1 unspecified atom stereocenters. The van der Waals surface area contributed by atoms with Crippen LogP contribution >= 0.6 is 0 Å². The molecule has 0 spiro atoms. The highest BCUT2D eigenvalue weighted by Crippen LogP contribution is 2.37. The molecule has 1 aromatic carbocycles. The zero-order valence-corrected chi connectivity index (χ0v) is 11.6. The first-order valence-electron chi connectivity index (χ1n) is 6.39. The van der Waals surface area contributed by atoms with Gasteiger partial charge in [-0.1, -0.05) is 6.07 Å². The van der Waals surface area contributed by atoms with E-state index in [9.17, 15) is 8.42 Å². The Balaban J connectivity index is 1.82. The summed E-state index contributed by atoms with van der Waals surface area (Å²) in [6.07, 6.45) is 3.17. The number of hydrogen-bond acceptors (Lipinski definition) is 4. The van der Waals surface area contributed by atoms with Crippen LogP contribution in [0.5, 0.6) is 11.5 Å². The van der Waals surface area contributed by atoms with Crippen molar-refractivity contribution >= 4 is 10.0 Å². The standard InChI is InChI=1S/C13H17NO4S/c1-19(15,16)14-6-2-3-11(8-14)10-4-5-12-13(7-10)18-9-17-12/h4-5,7,11H,2-3,6,8-9H2,1H3. The van der Waals surface area contributed by atoms with E-state index >= 15 is 0 Å². The van der Waals surface area contributed by atoms with E-state index in [2.05, 4.69) is 0 Å². The van der Waals surface area contributed by atoms with Crippen molar-refractivity contribution in [2.24, 2.45) is 0 Å². The number of piperidine rings is 1. The topological polar surface area (TPSA) is 55.8 Å². The van der Waals surface area contributed by atoms with Gasteiger partial charge in [-0.2, -0.15) is 0 Å². The Morgan fingerprint density at radius 1 is 1.26 bits per heavy atom. The van der Waals surface area contributed by atoms with Gasteiger partial charge in [-0.25, -0.2) is 12.7 Å². The number of hydrogen-bond donors (Lipinski definition) is 0. The van der Waals surface area contributed by atoms with E-state index in [-0.39, 0.29) is 12.7 Å². The van der Waals surface area contributed by atoms with Crippen LogP contribution in [0.25, 0.3) is 0 Å². The van der Waals surface area contributed by atoms with Crippen molar-refractivity contribution in [2.75, 3.05) is 26.1 Å². The van der Waals surface area contributed by atoms with Crippen LogP contribution in [0.3, 0.4) is 0 Å². The second kappa shape index (κ2) is 4.68. The van der Waals surface area contributed by atoms with Crippen molar-refractivity contribution in [1.29, 1.82) is 0 Å². The molecule has 104 valence electrons. The molecule has 2 aliphatic heterocycles. The summed E-state index contributed by atoms with van der Waals surface area (Å²) in [7, 11) is -3.10. The molecule has 2 aliphatic rings. The molecule has 0 aliphatic carbocycles. The molecule has 0 radical (unpaired) electrons. The van der Waals surface area contributed by atoms with Gasteiger partial charge in [0, 0.05) is 13.1 Å². The molecule has 0 saturated carbocycles. The lowest BCUT2D eigenvalue weighted by Gasteiger charge is -2.31. The van der Waals surface area contributed by atoms with E-state index in [4.69, 9.17) is 9.47 Å². The Kier molecular flexibility index (Phi) is 3.14. The second-order valence-electron chi connectivity index (χ2n) is 5.07. The molecule has 0 N–H and O–H groups in total. The van der Waals surface area contributed by atoms with E-state index in [0.717, 1.165) is 29.9 Å². The molecular weight excluding hydrogens is 266 g/mol. The maximum Gasteiger partial charge on any atom is 0.231 e. The summed E-state index contributed by atoms with van der Waals surface area (Å²) in [5.41, 5.74) is 1.12. The first-order valence-corrected chi connectivity index (χ1v) is 8.23. The van der Waals surface area contributed by atoms with Gasteiger partial charge in [-0.05, 0) is 36.5 Å². The summed E-state index contributed by atoms with van der Waals surface area (Å²) in [5.74, 6) is 1.76. The van der Waals surface area contributed by atoms with E-state index in [1.165, 1.54) is 6.26 Å². The van der Waals surface area contributed by atoms with Gasteiger partial charge in [0.25, 0.3) is 0 Å². The number of benzene rings is 1. The van der Waals surface area contributed by atoms with Crippen molar-refractivity contribution in [3.8, 4) is 11.5 Å². The van der Waals surface area contributed by atoms with Crippen molar-refractivity contribution in [3.63, 3.8) is 0 Å². The van der Waals surface area contributed by atoms with E-state index in [1.54, 1.807) is 4.31 Å². The Hall–Kier alpha value is -1.27. The third-order valence-corrected chi connectivity index (χ3v) is 4.99. The SMILES string of the molecule is CS(=O)(=O)N1CCCC(c2ccc3c(c2)OCO3)C1. The minimum Gasteiger partial charge on any atom is -0.454 e. The zero-order valence-electron chi connectivity index (χ0n) is 10.8. The lowest BCUT2D eigenvalue weighted by molar-refractivity contribution is 0.174. The van der Waals surface area contributed by atoms with Gasteiger partial charge in [0.05, 0.1) is 6.26 Å². The Morgan fingerprint density at radius 2 is 2.05 bits per heavy atom. The summed E-state index contributed by atoms with van der Waals surface area (Å²) >= 11 is 0. The highest BCUT2D eigenvalue weighted by atomic mass is 32.2. The maximum atomic E-state index is 11.6. The molecule has 1 aromatic rings. The predicted molar refractivity (Wildman–Crippen MR) is 71.0 cm³/mol. The van der Waals surface area contributed by atoms with Crippen molar-refractivity contribution < 1.29 is 17.9 Å². The summed E-state index contributed by atoms with van der Waals surface area (Å²) in [6, 6.07) is 5.87. The summed E-state index contributed by atoms with van der Waals surface area (Å²) in [5, 5.41) is 0. The van der Waals surface area contributed by atoms with E-state index in [0.29, 0.717) is 13.1 Å². The van der Waals surface area contributed by atoms with Crippen LogP contribution in [0, 0.1) is 0 Å². The van der Waals surface area contributed by atoms with Gasteiger partial charge >= 0.3 is 0 Å². The lowest BCUT2D eigenvalue weighted by atomic mass is 9.91. The molecule has 1 saturated heterocycles. The summed E-state index contributed by atoms with van der Waals surface area (Å²) in [4.78, 5) is 0. The van der Waals surface area contributed by atoms with Gasteiger partial charge in [0.2, 0.25) is 16.8 Å². The van der Waals surface area contributed by atoms with Crippen LogP contribution in [-0.2, 0) is 10.0 Å². The van der Waals surface area contributed by atoms with E-state index < -0.39 is 10.0 Å². The molecule has 1 atom stereocenters. The minimum atomic E-state index is -3.10. The van der Waals surface area contributed by atoms with Crippen LogP contribution in [0.15, 0.2) is 18.2 Å². The average Bonchev–Trinajstić information content (AvgIpc) is 2.85. The largest absolute Gasteiger partial charge is 0.454 e. The molecular formula is C13H17NO4S. The molecule has 0 bridgehead atoms. The van der Waals surface area contributed by atoms with Crippen LogP contribution in [-0.4, -0.2) is 38.9 Å². The van der Waals surface area contributed by atoms with Gasteiger partial charge in [0.15, 0.2) is 11.5 Å². The van der Waals surface area contributed by atoms with Gasteiger partial charge in [0.1, 0.15) is 0 Å². The van der Waals surface area contributed by atoms with Gasteiger partial charge in [-0.15, -0.1) is 0 Å². The first-order chi connectivity index (χ1) is 9.04. The maximum absolute atomic E-state index is 11.6. The normalized spacial score (nSPS) is 23.5. The first kappa shape index (κ1) is 12.7. The Morgan fingerprint density at radius 3 is 2.84 bits per heavy atom. The monoisotopic (exact) mass is 283 g/mol. The molecule has 0 aromatic heterocycles. The molecule has 2 heterocycles. The quantitative estimate of drug-likeness (QED) is 0.826. The molecule has 5 nitrogen and oxygen atoms in total. The Labute approximate surface area is 113 Å². The fraction of sp³-hybridized carbons (Fsp3) is 0.538. The highest BCUT2D eigenvalue weighted by molar-refractivity contribution is 7.88. The lowest BCUT2D eigenvalue weighted by Crippen LogP contribution is -2.38. The summed E-state index contributed by atoms with van der Waals surface area (Å²) in [6.45, 7) is 1.44. The molecule has 3 rings (SSSR count). The fourth-order valence-corrected chi connectivity index (χ4v) is 3.59. The third-order valence-electron chi connectivity index (χ3n) is 3.72. The predicted octanol–water partition coefficient (Wildman–Crippen LogP) is 1.55. The van der Waals surface area contributed by atoms with Crippen molar-refractivity contribution in [2.45, 2.75) is 18.8 Å². The fourth-order valence-electron chi connectivity index (χ4n) is 2.68.